The van der Waals surface area contributed by atoms with Gasteiger partial charge in [-0.15, -0.1) is 11.3 Å². The number of pyridine rings is 1. The quantitative estimate of drug-likeness (QED) is 0.864. The third-order valence-electron chi connectivity index (χ3n) is 5.13. The van der Waals surface area contributed by atoms with Gasteiger partial charge >= 0.3 is 0 Å². The van der Waals surface area contributed by atoms with Crippen LogP contribution in [-0.4, -0.2) is 67.5 Å². The van der Waals surface area contributed by atoms with Crippen LogP contribution < -0.4 is 5.73 Å². The van der Waals surface area contributed by atoms with E-state index < -0.39 is 0 Å². The number of hydrogen-bond donors (Lipinski definition) is 1. The molecule has 0 aliphatic carbocycles. The van der Waals surface area contributed by atoms with Crippen LogP contribution in [0.25, 0.3) is 10.2 Å². The molecule has 146 valence electrons. The number of aromatic nitrogens is 1. The van der Waals surface area contributed by atoms with E-state index in [0.29, 0.717) is 17.1 Å². The number of methoxy groups -OCH3 is 1. The molecule has 1 aliphatic rings. The van der Waals surface area contributed by atoms with Crippen LogP contribution in [0.2, 0.25) is 0 Å². The highest BCUT2D eigenvalue weighted by Gasteiger charge is 2.36. The normalized spacial score (nSPS) is 20.1. The van der Waals surface area contributed by atoms with Gasteiger partial charge in [-0.05, 0) is 25.0 Å². The Bertz CT molecular complexity index is 879. The number of rotatable bonds is 4. The third kappa shape index (κ3) is 3.64. The van der Waals surface area contributed by atoms with E-state index in [1.165, 1.54) is 23.3 Å². The number of likely N-dealkylation sites (tertiary alicyclic amines) is 1. The summed E-state index contributed by atoms with van der Waals surface area (Å²) in [6.07, 6.45) is 1.87. The number of carbonyl (C=O) groups is 2. The molecule has 3 rings (SSSR count). The second-order valence-corrected chi connectivity index (χ2v) is 8.51. The lowest BCUT2D eigenvalue weighted by atomic mass is 9.78. The molecule has 3 heterocycles. The average molecular weight is 391 g/mol. The molecule has 0 unspecified atom stereocenters. The highest BCUT2D eigenvalue weighted by atomic mass is 32.1. The lowest BCUT2D eigenvalue weighted by Gasteiger charge is -2.40. The molecule has 0 saturated carbocycles. The molecule has 27 heavy (non-hydrogen) atoms. The number of nitrogens with two attached hydrogens (primary N) is 1. The van der Waals surface area contributed by atoms with Gasteiger partial charge in [-0.25, -0.2) is 4.98 Å². The molecule has 2 N–H and O–H groups in total. The van der Waals surface area contributed by atoms with E-state index in [1.54, 1.807) is 14.1 Å². The van der Waals surface area contributed by atoms with Crippen molar-refractivity contribution in [3.63, 3.8) is 0 Å². The number of carbonyl (C=O) groups excluding carboxylic acids is 2. The van der Waals surface area contributed by atoms with E-state index >= 15 is 0 Å². The number of amides is 2. The van der Waals surface area contributed by atoms with Gasteiger partial charge in [0.25, 0.3) is 5.91 Å². The summed E-state index contributed by atoms with van der Waals surface area (Å²) in [5.41, 5.74) is 7.37. The summed E-state index contributed by atoms with van der Waals surface area (Å²) in [7, 11) is 4.95. The molecule has 2 aromatic rings. The standard InChI is InChI=1S/C19H26N4O3S/c1-19(8-5-9-23(11-19)14(24)10-26-4)13-7-6-12-15(20)16(18(25)22(2)3)27-17(12)21-13/h6-7H,5,8-11,20H2,1-4H3/t19-/m0/s1. The Hall–Kier alpha value is -2.19. The van der Waals surface area contributed by atoms with Crippen molar-refractivity contribution in [3.05, 3.63) is 22.7 Å². The van der Waals surface area contributed by atoms with E-state index in [1.807, 2.05) is 17.0 Å². The highest BCUT2D eigenvalue weighted by Crippen LogP contribution is 2.37. The fourth-order valence-corrected chi connectivity index (χ4v) is 4.69. The Kier molecular flexibility index (Phi) is 5.39. The monoisotopic (exact) mass is 390 g/mol. The van der Waals surface area contributed by atoms with Crippen molar-refractivity contribution in [2.45, 2.75) is 25.2 Å². The van der Waals surface area contributed by atoms with E-state index in [0.717, 1.165) is 35.3 Å². The predicted octanol–water partition coefficient (Wildman–Crippen LogP) is 2.11. The number of hydrogen-bond acceptors (Lipinski definition) is 6. The first kappa shape index (κ1) is 19.6. The number of fused-ring (bicyclic) bond motifs is 1. The maximum Gasteiger partial charge on any atom is 0.265 e. The van der Waals surface area contributed by atoms with Crippen molar-refractivity contribution in [1.82, 2.24) is 14.8 Å². The van der Waals surface area contributed by atoms with Crippen LogP contribution in [0.4, 0.5) is 5.69 Å². The zero-order valence-corrected chi connectivity index (χ0v) is 17.1. The Morgan fingerprint density at radius 1 is 1.41 bits per heavy atom. The molecule has 1 fully saturated rings. The minimum Gasteiger partial charge on any atom is -0.397 e. The lowest BCUT2D eigenvalue weighted by Crippen LogP contribution is -2.48. The molecule has 0 spiro atoms. The van der Waals surface area contributed by atoms with Crippen molar-refractivity contribution in [2.24, 2.45) is 0 Å². The van der Waals surface area contributed by atoms with Gasteiger partial charge in [0.2, 0.25) is 5.91 Å². The first-order chi connectivity index (χ1) is 12.8. The molecule has 7 nitrogen and oxygen atoms in total. The molecule has 1 aliphatic heterocycles. The molecule has 2 aromatic heterocycles. The third-order valence-corrected chi connectivity index (χ3v) is 6.23. The first-order valence-electron chi connectivity index (χ1n) is 8.94. The number of piperidine rings is 1. The van der Waals surface area contributed by atoms with E-state index in [-0.39, 0.29) is 23.8 Å². The Balaban J connectivity index is 1.94. The summed E-state index contributed by atoms with van der Waals surface area (Å²) in [4.78, 5) is 34.1. The van der Waals surface area contributed by atoms with Crippen molar-refractivity contribution < 1.29 is 14.3 Å². The van der Waals surface area contributed by atoms with Gasteiger partial charge in [-0.2, -0.15) is 0 Å². The maximum absolute atomic E-state index is 12.3. The smallest absolute Gasteiger partial charge is 0.265 e. The van der Waals surface area contributed by atoms with Crippen molar-refractivity contribution in [2.75, 3.05) is 46.6 Å². The maximum atomic E-state index is 12.3. The van der Waals surface area contributed by atoms with Gasteiger partial charge in [0.05, 0.1) is 5.69 Å². The largest absolute Gasteiger partial charge is 0.397 e. The van der Waals surface area contributed by atoms with Gasteiger partial charge in [0.1, 0.15) is 16.3 Å². The van der Waals surface area contributed by atoms with Gasteiger partial charge in [0.15, 0.2) is 0 Å². The van der Waals surface area contributed by atoms with E-state index in [9.17, 15) is 9.59 Å². The molecule has 1 atom stereocenters. The zero-order chi connectivity index (χ0) is 19.8. The predicted molar refractivity (Wildman–Crippen MR) is 107 cm³/mol. The van der Waals surface area contributed by atoms with Crippen molar-refractivity contribution in [3.8, 4) is 0 Å². The van der Waals surface area contributed by atoms with Crippen LogP contribution in [0.1, 0.15) is 35.1 Å². The van der Waals surface area contributed by atoms with Crippen LogP contribution in [0.15, 0.2) is 12.1 Å². The fourth-order valence-electron chi connectivity index (χ4n) is 3.57. The number of thiophene rings is 1. The van der Waals surface area contributed by atoms with Gasteiger partial charge in [-0.1, -0.05) is 6.92 Å². The molecule has 0 radical (unpaired) electrons. The van der Waals surface area contributed by atoms with Crippen LogP contribution in [0.3, 0.4) is 0 Å². The molecule has 0 bridgehead atoms. The molecular weight excluding hydrogens is 364 g/mol. The lowest BCUT2D eigenvalue weighted by molar-refractivity contribution is -0.137. The minimum atomic E-state index is -0.236. The number of ether oxygens (including phenoxy) is 1. The second-order valence-electron chi connectivity index (χ2n) is 7.51. The molecular formula is C19H26N4O3S. The molecule has 2 amide bonds. The summed E-state index contributed by atoms with van der Waals surface area (Å²) < 4.78 is 4.99. The van der Waals surface area contributed by atoms with E-state index in [2.05, 4.69) is 6.92 Å². The molecule has 8 heteroatoms. The van der Waals surface area contributed by atoms with Crippen molar-refractivity contribution in [1.29, 1.82) is 0 Å². The van der Waals surface area contributed by atoms with Gasteiger partial charge < -0.3 is 20.3 Å². The minimum absolute atomic E-state index is 0.00346. The summed E-state index contributed by atoms with van der Waals surface area (Å²) in [6, 6.07) is 3.91. The van der Waals surface area contributed by atoms with Crippen molar-refractivity contribution >= 4 is 39.1 Å². The Labute approximate surface area is 163 Å². The molecule has 0 aromatic carbocycles. The van der Waals surface area contributed by atoms with Crippen LogP contribution >= 0.6 is 11.3 Å². The fraction of sp³-hybridized carbons (Fsp3) is 0.526. The summed E-state index contributed by atoms with van der Waals surface area (Å²) in [5.74, 6) is -0.110. The van der Waals surface area contributed by atoms with Crippen LogP contribution in [-0.2, 0) is 14.9 Å². The van der Waals surface area contributed by atoms with Gasteiger partial charge in [0, 0.05) is 50.8 Å². The first-order valence-corrected chi connectivity index (χ1v) is 9.76. The number of nitrogens with zero attached hydrogens (tertiary/aromatic N) is 3. The highest BCUT2D eigenvalue weighted by molar-refractivity contribution is 7.21. The van der Waals surface area contributed by atoms with Crippen LogP contribution in [0, 0.1) is 0 Å². The average Bonchev–Trinajstić information content (AvgIpc) is 2.97. The van der Waals surface area contributed by atoms with E-state index in [4.69, 9.17) is 15.5 Å². The summed E-state index contributed by atoms with van der Waals surface area (Å²) in [5, 5.41) is 0.806. The number of nitrogen functional groups attached to an aromatic ring is 1. The Morgan fingerprint density at radius 3 is 2.81 bits per heavy atom. The molecule has 1 saturated heterocycles. The Morgan fingerprint density at radius 2 is 2.15 bits per heavy atom. The zero-order valence-electron chi connectivity index (χ0n) is 16.2. The summed E-state index contributed by atoms with van der Waals surface area (Å²) >= 11 is 1.32. The summed E-state index contributed by atoms with van der Waals surface area (Å²) in [6.45, 7) is 3.59. The second kappa shape index (κ2) is 7.44. The van der Waals surface area contributed by atoms with Gasteiger partial charge in [-0.3, -0.25) is 9.59 Å². The van der Waals surface area contributed by atoms with Crippen LogP contribution in [0.5, 0.6) is 0 Å². The SMILES string of the molecule is COCC(=O)N1CCC[C@](C)(c2ccc3c(N)c(C(=O)N(C)C)sc3n2)C1. The topological polar surface area (TPSA) is 88.8 Å². The number of anilines is 1.